The second-order valence-electron chi connectivity index (χ2n) is 6.11. The Labute approximate surface area is 158 Å². The van der Waals surface area contributed by atoms with Crippen molar-refractivity contribution in [1.82, 2.24) is 0 Å². The topological polar surface area (TPSA) is 26.3 Å². The molecule has 0 saturated heterocycles. The molecule has 1 atom stereocenters. The summed E-state index contributed by atoms with van der Waals surface area (Å²) in [5.74, 6) is 0. The molecule has 0 spiro atoms. The van der Waals surface area contributed by atoms with Gasteiger partial charge in [-0.3, -0.25) is 4.79 Å². The van der Waals surface area contributed by atoms with Gasteiger partial charge in [0, 0.05) is 16.2 Å². The maximum Gasteiger partial charge on any atom is 1.00 e. The van der Waals surface area contributed by atoms with Crippen LogP contribution in [0.2, 0.25) is 5.02 Å². The number of hydrogen-bond acceptors (Lipinski definition) is 2. The molecule has 2 aromatic rings. The standard InChI is InChI=1S/C18H20ClO2P.Li.H/c1-13-10-15(11-17(19)16(13)12-20)22(21-18(2,3)4)14-8-6-5-7-9-14;;/h5-12H,1-4H3;;/q;+1;-1. The number of benzene rings is 2. The fraction of sp³-hybridized carbons (Fsp3) is 0.278. The van der Waals surface area contributed by atoms with Crippen molar-refractivity contribution in [1.29, 1.82) is 0 Å². The van der Waals surface area contributed by atoms with Crippen LogP contribution in [0, 0.1) is 6.92 Å². The molecule has 0 aliphatic carbocycles. The van der Waals surface area contributed by atoms with Gasteiger partial charge < -0.3 is 5.95 Å². The van der Waals surface area contributed by atoms with E-state index in [0.717, 1.165) is 22.5 Å². The van der Waals surface area contributed by atoms with Gasteiger partial charge in [0.1, 0.15) is 0 Å². The van der Waals surface area contributed by atoms with E-state index in [-0.39, 0.29) is 25.9 Å². The molecule has 0 saturated carbocycles. The number of rotatable bonds is 4. The molecule has 2 rings (SSSR count). The first-order chi connectivity index (χ1) is 10.3. The minimum absolute atomic E-state index is 0. The van der Waals surface area contributed by atoms with Gasteiger partial charge in [-0.25, -0.2) is 0 Å². The van der Waals surface area contributed by atoms with E-state index < -0.39 is 8.15 Å². The number of aldehydes is 1. The van der Waals surface area contributed by atoms with E-state index in [9.17, 15) is 4.79 Å². The van der Waals surface area contributed by atoms with Gasteiger partial charge in [-0.15, -0.1) is 0 Å². The van der Waals surface area contributed by atoms with Crippen molar-refractivity contribution in [2.45, 2.75) is 33.3 Å². The maximum absolute atomic E-state index is 11.1. The summed E-state index contributed by atoms with van der Waals surface area (Å²) in [4.78, 5) is 11.1. The Morgan fingerprint density at radius 1 is 1.13 bits per heavy atom. The van der Waals surface area contributed by atoms with Crippen molar-refractivity contribution >= 4 is 36.6 Å². The van der Waals surface area contributed by atoms with Crippen molar-refractivity contribution in [3.63, 3.8) is 0 Å². The number of carbonyl (C=O) groups excluding carboxylic acids is 1. The molecule has 0 aromatic heterocycles. The molecule has 2 nitrogen and oxygen atoms in total. The molecule has 0 fully saturated rings. The van der Waals surface area contributed by atoms with Crippen LogP contribution in [-0.4, -0.2) is 11.9 Å². The van der Waals surface area contributed by atoms with Crippen molar-refractivity contribution in [2.75, 3.05) is 0 Å². The normalized spacial score (nSPS) is 12.4. The van der Waals surface area contributed by atoms with Crippen LogP contribution in [0.25, 0.3) is 0 Å². The van der Waals surface area contributed by atoms with Gasteiger partial charge in [-0.2, -0.15) is 0 Å². The van der Waals surface area contributed by atoms with Crippen molar-refractivity contribution in [3.05, 3.63) is 58.6 Å². The molecule has 0 amide bonds. The van der Waals surface area contributed by atoms with Gasteiger partial charge in [0.2, 0.25) is 0 Å². The van der Waals surface area contributed by atoms with Crippen molar-refractivity contribution < 1.29 is 29.6 Å². The molecular formula is C18H21ClLiO2P. The van der Waals surface area contributed by atoms with E-state index in [4.69, 9.17) is 16.1 Å². The van der Waals surface area contributed by atoms with Crippen LogP contribution in [0.5, 0.6) is 0 Å². The predicted octanol–water partition coefficient (Wildman–Crippen LogP) is 1.74. The van der Waals surface area contributed by atoms with Gasteiger partial charge in [-0.1, -0.05) is 41.9 Å². The first-order valence-corrected chi connectivity index (χ1v) is 8.75. The third-order valence-electron chi connectivity index (χ3n) is 3.03. The van der Waals surface area contributed by atoms with E-state index in [1.807, 2.05) is 58.0 Å². The number of hydrogen-bond donors (Lipinski definition) is 0. The molecule has 118 valence electrons. The fourth-order valence-electron chi connectivity index (χ4n) is 2.10. The Balaban J connectivity index is 0.00000264. The van der Waals surface area contributed by atoms with Crippen LogP contribution in [-0.2, 0) is 4.52 Å². The maximum atomic E-state index is 11.1. The fourth-order valence-corrected chi connectivity index (χ4v) is 4.54. The molecule has 0 radical (unpaired) electrons. The van der Waals surface area contributed by atoms with Gasteiger partial charge in [-0.05, 0) is 45.4 Å². The molecule has 5 heteroatoms. The molecule has 0 N–H and O–H groups in total. The summed E-state index contributed by atoms with van der Waals surface area (Å²) in [6.45, 7) is 8.02. The first-order valence-electron chi connectivity index (χ1n) is 7.11. The Hall–Kier alpha value is -0.613. The van der Waals surface area contributed by atoms with Crippen LogP contribution < -0.4 is 29.5 Å². The minimum Gasteiger partial charge on any atom is -1.00 e. The smallest absolute Gasteiger partial charge is 1.00 e. The van der Waals surface area contributed by atoms with E-state index >= 15 is 0 Å². The number of carbonyl (C=O) groups is 1. The Morgan fingerprint density at radius 3 is 2.22 bits per heavy atom. The molecule has 23 heavy (non-hydrogen) atoms. The molecule has 0 aliphatic heterocycles. The minimum atomic E-state index is -0.989. The van der Waals surface area contributed by atoms with Crippen LogP contribution in [0.3, 0.4) is 0 Å². The summed E-state index contributed by atoms with van der Waals surface area (Å²) in [6.07, 6.45) is 0.802. The molecule has 2 aromatic carbocycles. The third-order valence-corrected chi connectivity index (χ3v) is 5.57. The summed E-state index contributed by atoms with van der Waals surface area (Å²) >= 11 is 6.26. The zero-order valence-corrected chi connectivity index (χ0v) is 15.9. The second kappa shape index (κ2) is 8.47. The van der Waals surface area contributed by atoms with Crippen LogP contribution in [0.4, 0.5) is 0 Å². The molecule has 0 bridgehead atoms. The summed E-state index contributed by atoms with van der Waals surface area (Å²) in [5.41, 5.74) is 1.15. The largest absolute Gasteiger partial charge is 1.00 e. The van der Waals surface area contributed by atoms with Gasteiger partial charge in [0.05, 0.1) is 18.8 Å². The summed E-state index contributed by atoms with van der Waals surface area (Å²) in [6, 6.07) is 14.0. The average molecular weight is 343 g/mol. The Bertz CT molecular complexity index is 651. The van der Waals surface area contributed by atoms with E-state index in [1.165, 1.54) is 0 Å². The van der Waals surface area contributed by atoms with Crippen molar-refractivity contribution in [2.24, 2.45) is 0 Å². The van der Waals surface area contributed by atoms with Gasteiger partial charge in [0.25, 0.3) is 0 Å². The number of halogens is 1. The summed E-state index contributed by atoms with van der Waals surface area (Å²) in [5, 5.41) is 2.62. The van der Waals surface area contributed by atoms with Gasteiger partial charge >= 0.3 is 18.9 Å². The Kier molecular flexibility index (Phi) is 7.53. The number of aryl methyl sites for hydroxylation is 1. The van der Waals surface area contributed by atoms with Crippen molar-refractivity contribution in [3.8, 4) is 0 Å². The zero-order valence-electron chi connectivity index (χ0n) is 15.3. The molecule has 0 heterocycles. The monoisotopic (exact) mass is 342 g/mol. The quantitative estimate of drug-likeness (QED) is 0.481. The van der Waals surface area contributed by atoms with E-state index in [1.54, 1.807) is 0 Å². The zero-order chi connectivity index (χ0) is 16.3. The molecule has 0 aliphatic rings. The van der Waals surface area contributed by atoms with Crippen LogP contribution >= 0.6 is 19.7 Å². The summed E-state index contributed by atoms with van der Waals surface area (Å²) < 4.78 is 6.31. The molecular weight excluding hydrogens is 322 g/mol. The Morgan fingerprint density at radius 2 is 1.74 bits per heavy atom. The summed E-state index contributed by atoms with van der Waals surface area (Å²) in [7, 11) is -0.989. The molecule has 1 unspecified atom stereocenters. The van der Waals surface area contributed by atoms with E-state index in [2.05, 4.69) is 12.1 Å². The van der Waals surface area contributed by atoms with Gasteiger partial charge in [0.15, 0.2) is 6.29 Å². The van der Waals surface area contributed by atoms with Crippen LogP contribution in [0.1, 0.15) is 38.1 Å². The average Bonchev–Trinajstić information content (AvgIpc) is 2.44. The first kappa shape index (κ1) is 20.4. The third kappa shape index (κ3) is 5.46. The second-order valence-corrected chi connectivity index (χ2v) is 8.32. The van der Waals surface area contributed by atoms with Crippen LogP contribution in [0.15, 0.2) is 42.5 Å². The van der Waals surface area contributed by atoms with E-state index in [0.29, 0.717) is 10.6 Å². The predicted molar refractivity (Wildman–Crippen MR) is 96.2 cm³/mol. The SMILES string of the molecule is Cc1cc(P(OC(C)(C)C)c2ccccc2)cc(Cl)c1C=O.[H-].[Li+].